The van der Waals surface area contributed by atoms with Gasteiger partial charge in [-0.3, -0.25) is 4.21 Å². The van der Waals surface area contributed by atoms with Crippen LogP contribution in [-0.4, -0.2) is 34.6 Å². The Labute approximate surface area is 73.0 Å². The molecule has 0 aromatic rings. The van der Waals surface area contributed by atoms with E-state index in [4.69, 9.17) is 0 Å². The number of cyclic esters (lactones) is 2. The largest absolute Gasteiger partial charge is 0.508 e. The standard InChI is InChI=1S/C7H10O4S/c1-2-3-12(9)5-6-4-10-7(8)11-6/h2,6H,1,3-5H2. The summed E-state index contributed by atoms with van der Waals surface area (Å²) in [6, 6.07) is 0. The molecule has 4 nitrogen and oxygen atoms in total. The highest BCUT2D eigenvalue weighted by atomic mass is 32.2. The van der Waals surface area contributed by atoms with E-state index >= 15 is 0 Å². The van der Waals surface area contributed by atoms with Gasteiger partial charge in [0.1, 0.15) is 6.61 Å². The van der Waals surface area contributed by atoms with E-state index in [1.165, 1.54) is 0 Å². The zero-order chi connectivity index (χ0) is 8.97. The fraction of sp³-hybridized carbons (Fsp3) is 0.571. The van der Waals surface area contributed by atoms with Crippen LogP contribution in [0.5, 0.6) is 0 Å². The molecule has 12 heavy (non-hydrogen) atoms. The maximum atomic E-state index is 11.1. The van der Waals surface area contributed by atoms with Crippen molar-refractivity contribution in [2.45, 2.75) is 6.10 Å². The second-order valence-electron chi connectivity index (χ2n) is 2.36. The summed E-state index contributed by atoms with van der Waals surface area (Å²) in [6.07, 6.45) is 0.558. The Bertz CT molecular complexity index is 213. The predicted octanol–water partition coefficient (Wildman–Crippen LogP) is 0.457. The van der Waals surface area contributed by atoms with Gasteiger partial charge in [-0.25, -0.2) is 4.79 Å². The van der Waals surface area contributed by atoms with Gasteiger partial charge < -0.3 is 9.47 Å². The maximum absolute atomic E-state index is 11.1. The quantitative estimate of drug-likeness (QED) is 0.477. The van der Waals surface area contributed by atoms with Crippen molar-refractivity contribution in [3.05, 3.63) is 12.7 Å². The minimum Gasteiger partial charge on any atom is -0.430 e. The molecule has 1 heterocycles. The topological polar surface area (TPSA) is 52.6 Å². The average molecular weight is 190 g/mol. The van der Waals surface area contributed by atoms with Crippen LogP contribution in [-0.2, 0) is 20.3 Å². The lowest BCUT2D eigenvalue weighted by Crippen LogP contribution is -2.20. The van der Waals surface area contributed by atoms with Crippen molar-refractivity contribution in [3.8, 4) is 0 Å². The van der Waals surface area contributed by atoms with E-state index in [2.05, 4.69) is 16.1 Å². The molecule has 0 radical (unpaired) electrons. The van der Waals surface area contributed by atoms with Gasteiger partial charge in [0.2, 0.25) is 0 Å². The van der Waals surface area contributed by atoms with Crippen molar-refractivity contribution in [2.75, 3.05) is 18.1 Å². The van der Waals surface area contributed by atoms with Gasteiger partial charge in [-0.05, 0) is 0 Å². The Morgan fingerprint density at radius 3 is 3.00 bits per heavy atom. The highest BCUT2D eigenvalue weighted by Gasteiger charge is 2.26. The van der Waals surface area contributed by atoms with Gasteiger partial charge >= 0.3 is 6.16 Å². The van der Waals surface area contributed by atoms with Crippen molar-refractivity contribution >= 4 is 17.0 Å². The molecule has 0 N–H and O–H groups in total. The normalized spacial score (nSPS) is 24.3. The summed E-state index contributed by atoms with van der Waals surface area (Å²) in [5.74, 6) is 0.756. The van der Waals surface area contributed by atoms with Crippen molar-refractivity contribution in [2.24, 2.45) is 0 Å². The molecule has 1 saturated heterocycles. The Hall–Kier alpha value is -0.840. The fourth-order valence-corrected chi connectivity index (χ4v) is 1.83. The second-order valence-corrected chi connectivity index (χ2v) is 3.91. The highest BCUT2D eigenvalue weighted by Crippen LogP contribution is 2.07. The Morgan fingerprint density at radius 1 is 1.75 bits per heavy atom. The van der Waals surface area contributed by atoms with Gasteiger partial charge in [0.25, 0.3) is 0 Å². The van der Waals surface area contributed by atoms with Gasteiger partial charge in [-0.2, -0.15) is 0 Å². The van der Waals surface area contributed by atoms with E-state index < -0.39 is 17.0 Å². The molecule has 0 bridgehead atoms. The smallest absolute Gasteiger partial charge is 0.430 e. The van der Waals surface area contributed by atoms with Crippen molar-refractivity contribution < 1.29 is 18.5 Å². The number of ether oxygens (including phenoxy) is 2. The lowest BCUT2D eigenvalue weighted by atomic mass is 10.4. The van der Waals surface area contributed by atoms with Crippen molar-refractivity contribution in [1.82, 2.24) is 0 Å². The summed E-state index contributed by atoms with van der Waals surface area (Å²) in [7, 11) is -1.00. The summed E-state index contributed by atoms with van der Waals surface area (Å²) in [6.45, 7) is 3.67. The molecule has 0 spiro atoms. The molecule has 2 atom stereocenters. The molecule has 1 aliphatic heterocycles. The lowest BCUT2D eigenvalue weighted by Gasteiger charge is -2.03. The molecule has 0 amide bonds. The van der Waals surface area contributed by atoms with Gasteiger partial charge in [-0.1, -0.05) is 6.08 Å². The van der Waals surface area contributed by atoms with Crippen LogP contribution < -0.4 is 0 Å². The summed E-state index contributed by atoms with van der Waals surface area (Å²) < 4.78 is 20.3. The van der Waals surface area contributed by atoms with Gasteiger partial charge in [-0.15, -0.1) is 6.58 Å². The summed E-state index contributed by atoms with van der Waals surface area (Å²) in [5, 5.41) is 0. The molecule has 0 aliphatic carbocycles. The van der Waals surface area contributed by atoms with Crippen LogP contribution >= 0.6 is 0 Å². The first-order valence-electron chi connectivity index (χ1n) is 3.51. The maximum Gasteiger partial charge on any atom is 0.508 e. The zero-order valence-electron chi connectivity index (χ0n) is 6.52. The molecule has 68 valence electrons. The van der Waals surface area contributed by atoms with Crippen LogP contribution in [0.2, 0.25) is 0 Å². The van der Waals surface area contributed by atoms with E-state index in [0.29, 0.717) is 11.5 Å². The lowest BCUT2D eigenvalue weighted by molar-refractivity contribution is 0.122. The summed E-state index contributed by atoms with van der Waals surface area (Å²) >= 11 is 0. The van der Waals surface area contributed by atoms with E-state index in [1.54, 1.807) is 6.08 Å². The zero-order valence-corrected chi connectivity index (χ0v) is 7.34. The molecular weight excluding hydrogens is 180 g/mol. The van der Waals surface area contributed by atoms with Crippen LogP contribution in [0, 0.1) is 0 Å². The van der Waals surface area contributed by atoms with Gasteiger partial charge in [0.15, 0.2) is 6.10 Å². The van der Waals surface area contributed by atoms with Crippen LogP contribution in [0.15, 0.2) is 12.7 Å². The number of carbonyl (C=O) groups is 1. The molecule has 0 saturated carbocycles. The van der Waals surface area contributed by atoms with Crippen LogP contribution in [0.1, 0.15) is 0 Å². The van der Waals surface area contributed by atoms with E-state index in [-0.39, 0.29) is 12.7 Å². The number of hydrogen-bond acceptors (Lipinski definition) is 4. The SMILES string of the molecule is C=CCS(=O)CC1COC(=O)O1. The minimum absolute atomic E-state index is 0.210. The fourth-order valence-electron chi connectivity index (χ4n) is 0.854. The number of rotatable bonds is 4. The first-order chi connectivity index (χ1) is 5.72. The molecule has 0 aromatic carbocycles. The third kappa shape index (κ3) is 2.65. The van der Waals surface area contributed by atoms with Crippen LogP contribution in [0.4, 0.5) is 4.79 Å². The Kier molecular flexibility index (Phi) is 3.28. The number of carbonyl (C=O) groups excluding carboxylic acids is 1. The predicted molar refractivity (Wildman–Crippen MR) is 44.3 cm³/mol. The third-order valence-corrected chi connectivity index (χ3v) is 2.68. The van der Waals surface area contributed by atoms with Crippen LogP contribution in [0.25, 0.3) is 0 Å². The Morgan fingerprint density at radius 2 is 2.50 bits per heavy atom. The van der Waals surface area contributed by atoms with E-state index in [1.807, 2.05) is 0 Å². The van der Waals surface area contributed by atoms with Crippen molar-refractivity contribution in [3.63, 3.8) is 0 Å². The third-order valence-electron chi connectivity index (χ3n) is 1.33. The molecular formula is C7H10O4S. The van der Waals surface area contributed by atoms with Crippen molar-refractivity contribution in [1.29, 1.82) is 0 Å². The average Bonchev–Trinajstić information content (AvgIpc) is 2.36. The monoisotopic (exact) mass is 190 g/mol. The molecule has 1 rings (SSSR count). The summed E-state index contributed by atoms with van der Waals surface area (Å²) in [5.41, 5.74) is 0. The van der Waals surface area contributed by atoms with E-state index in [9.17, 15) is 9.00 Å². The second kappa shape index (κ2) is 4.25. The summed E-state index contributed by atoms with van der Waals surface area (Å²) in [4.78, 5) is 10.4. The molecule has 0 aromatic heterocycles. The molecule has 2 unspecified atom stereocenters. The van der Waals surface area contributed by atoms with Gasteiger partial charge in [0.05, 0.1) is 5.75 Å². The number of hydrogen-bond donors (Lipinski definition) is 0. The van der Waals surface area contributed by atoms with E-state index in [0.717, 1.165) is 0 Å². The highest BCUT2D eigenvalue weighted by molar-refractivity contribution is 7.85. The molecule has 5 heteroatoms. The van der Waals surface area contributed by atoms with Gasteiger partial charge in [0, 0.05) is 16.6 Å². The van der Waals surface area contributed by atoms with Crippen LogP contribution in [0.3, 0.4) is 0 Å². The molecule has 1 aliphatic rings. The molecule has 1 fully saturated rings. The Balaban J connectivity index is 2.27. The first kappa shape index (κ1) is 9.25. The minimum atomic E-state index is -1.00. The first-order valence-corrected chi connectivity index (χ1v) is 5.00.